The zero-order chi connectivity index (χ0) is 14.4. The van der Waals surface area contributed by atoms with E-state index >= 15 is 0 Å². The molecule has 0 aliphatic carbocycles. The number of benzene rings is 2. The summed E-state index contributed by atoms with van der Waals surface area (Å²) in [7, 11) is 0. The van der Waals surface area contributed by atoms with Crippen LogP contribution in [0.1, 0.15) is 22.3 Å². The van der Waals surface area contributed by atoms with E-state index in [0.29, 0.717) is 5.69 Å². The van der Waals surface area contributed by atoms with Crippen molar-refractivity contribution in [3.8, 4) is 0 Å². The van der Waals surface area contributed by atoms with Crippen LogP contribution in [0.2, 0.25) is 0 Å². The fourth-order valence-electron chi connectivity index (χ4n) is 2.02. The van der Waals surface area contributed by atoms with E-state index in [4.69, 9.17) is 10.8 Å². The molecule has 2 aromatic carbocycles. The van der Waals surface area contributed by atoms with Gasteiger partial charge in [-0.1, -0.05) is 30.3 Å². The molecule has 20 heavy (non-hydrogen) atoms. The zero-order valence-electron chi connectivity index (χ0n) is 11.2. The largest absolute Gasteiger partial charge is 0.478 e. The van der Waals surface area contributed by atoms with Gasteiger partial charge in [0.15, 0.2) is 0 Å². The number of hydrogen-bond donors (Lipinski definition) is 3. The van der Waals surface area contributed by atoms with Crippen molar-refractivity contribution in [3.05, 3.63) is 59.7 Å². The van der Waals surface area contributed by atoms with Crippen LogP contribution in [-0.2, 0) is 6.42 Å². The summed E-state index contributed by atoms with van der Waals surface area (Å²) in [4.78, 5) is 10.8. The number of nitrogens with one attached hydrogen (secondary N) is 1. The van der Waals surface area contributed by atoms with Crippen molar-refractivity contribution >= 4 is 17.3 Å². The van der Waals surface area contributed by atoms with Crippen LogP contribution in [-0.4, -0.2) is 17.6 Å². The average Bonchev–Trinajstić information content (AvgIpc) is 2.46. The molecule has 0 aromatic heterocycles. The van der Waals surface area contributed by atoms with Crippen molar-refractivity contribution in [1.29, 1.82) is 0 Å². The van der Waals surface area contributed by atoms with E-state index in [1.165, 1.54) is 11.6 Å². The number of anilines is 2. The molecule has 4 heteroatoms. The Balaban J connectivity index is 1.84. The van der Waals surface area contributed by atoms with Gasteiger partial charge >= 0.3 is 5.97 Å². The summed E-state index contributed by atoms with van der Waals surface area (Å²) in [6, 6.07) is 15.0. The molecular weight excluding hydrogens is 252 g/mol. The lowest BCUT2D eigenvalue weighted by Crippen LogP contribution is -2.06. The number of carbonyl (C=O) groups is 1. The van der Waals surface area contributed by atoms with Crippen molar-refractivity contribution < 1.29 is 9.90 Å². The summed E-state index contributed by atoms with van der Waals surface area (Å²) in [5.74, 6) is -0.965. The molecule has 2 aromatic rings. The smallest absolute Gasteiger partial charge is 0.335 e. The minimum absolute atomic E-state index is 0.206. The minimum atomic E-state index is -0.965. The molecule has 0 saturated heterocycles. The van der Waals surface area contributed by atoms with Crippen molar-refractivity contribution in [2.75, 3.05) is 17.6 Å². The second-order valence-corrected chi connectivity index (χ2v) is 4.62. The number of nitrogen functional groups attached to an aromatic ring is 1. The lowest BCUT2D eigenvalue weighted by Gasteiger charge is -2.10. The molecule has 0 atom stereocenters. The van der Waals surface area contributed by atoms with Gasteiger partial charge in [-0.15, -0.1) is 0 Å². The number of carboxylic acid groups (broad SMARTS) is 1. The van der Waals surface area contributed by atoms with Crippen LogP contribution in [0.4, 0.5) is 11.4 Å². The highest BCUT2D eigenvalue weighted by Gasteiger charge is 2.05. The molecule has 0 spiro atoms. The molecule has 0 saturated carbocycles. The van der Waals surface area contributed by atoms with E-state index in [1.807, 2.05) is 18.2 Å². The maximum atomic E-state index is 10.8. The molecule has 0 aliphatic rings. The molecule has 0 heterocycles. The molecule has 4 N–H and O–H groups in total. The van der Waals surface area contributed by atoms with Crippen molar-refractivity contribution in [2.45, 2.75) is 12.8 Å². The molecule has 104 valence electrons. The van der Waals surface area contributed by atoms with Gasteiger partial charge in [0.25, 0.3) is 0 Å². The summed E-state index contributed by atoms with van der Waals surface area (Å²) >= 11 is 0. The normalized spacial score (nSPS) is 10.2. The first-order valence-electron chi connectivity index (χ1n) is 6.57. The molecule has 0 unspecified atom stereocenters. The molecule has 4 nitrogen and oxygen atoms in total. The van der Waals surface area contributed by atoms with Crippen molar-refractivity contribution in [1.82, 2.24) is 0 Å². The highest BCUT2D eigenvalue weighted by molar-refractivity contribution is 5.90. The zero-order valence-corrected chi connectivity index (χ0v) is 11.2. The van der Waals surface area contributed by atoms with Crippen LogP contribution in [0.3, 0.4) is 0 Å². The van der Waals surface area contributed by atoms with Gasteiger partial charge in [0.2, 0.25) is 0 Å². The van der Waals surface area contributed by atoms with Crippen LogP contribution in [0.25, 0.3) is 0 Å². The fourth-order valence-corrected chi connectivity index (χ4v) is 2.02. The summed E-state index contributed by atoms with van der Waals surface area (Å²) in [5.41, 5.74) is 8.58. The molecule has 0 fully saturated rings. The third kappa shape index (κ3) is 3.75. The van der Waals surface area contributed by atoms with Gasteiger partial charge in [-0.3, -0.25) is 0 Å². The predicted octanol–water partition coefficient (Wildman–Crippen LogP) is 3.01. The van der Waals surface area contributed by atoms with Crippen molar-refractivity contribution in [3.63, 3.8) is 0 Å². The number of aromatic carboxylic acids is 1. The van der Waals surface area contributed by atoms with Gasteiger partial charge in [-0.05, 0) is 36.6 Å². The minimum Gasteiger partial charge on any atom is -0.478 e. The Morgan fingerprint density at radius 1 is 1.15 bits per heavy atom. The second kappa shape index (κ2) is 6.61. The highest BCUT2D eigenvalue weighted by Crippen LogP contribution is 2.20. The Labute approximate surface area is 118 Å². The van der Waals surface area contributed by atoms with Gasteiger partial charge in [-0.25, -0.2) is 4.79 Å². The topological polar surface area (TPSA) is 75.4 Å². The maximum Gasteiger partial charge on any atom is 0.335 e. The quantitative estimate of drug-likeness (QED) is 0.557. The van der Waals surface area contributed by atoms with E-state index < -0.39 is 5.97 Å². The summed E-state index contributed by atoms with van der Waals surface area (Å²) in [5, 5.41) is 12.1. The average molecular weight is 270 g/mol. The van der Waals surface area contributed by atoms with Gasteiger partial charge in [0.05, 0.1) is 16.9 Å². The first kappa shape index (κ1) is 13.9. The lowest BCUT2D eigenvalue weighted by molar-refractivity contribution is 0.0697. The van der Waals surface area contributed by atoms with Crippen LogP contribution in [0, 0.1) is 0 Å². The van der Waals surface area contributed by atoms with Crippen LogP contribution >= 0.6 is 0 Å². The number of carboxylic acids is 1. The molecule has 0 bridgehead atoms. The molecule has 2 rings (SSSR count). The number of nitrogens with two attached hydrogens (primary N) is 1. The monoisotopic (exact) mass is 270 g/mol. The number of aryl methyl sites for hydroxylation is 1. The molecular formula is C16H18N2O2. The standard InChI is InChI=1S/C16H18N2O2/c17-14-11-13(16(19)20)8-9-15(14)18-10-4-7-12-5-2-1-3-6-12/h1-3,5-6,8-9,11,18H,4,7,10,17H2,(H,19,20). The molecule has 0 radical (unpaired) electrons. The Morgan fingerprint density at radius 2 is 1.90 bits per heavy atom. The van der Waals surface area contributed by atoms with Gasteiger partial charge < -0.3 is 16.2 Å². The highest BCUT2D eigenvalue weighted by atomic mass is 16.4. The Bertz CT molecular complexity index is 582. The lowest BCUT2D eigenvalue weighted by atomic mass is 10.1. The van der Waals surface area contributed by atoms with Gasteiger partial charge in [0, 0.05) is 6.54 Å². The predicted molar refractivity (Wildman–Crippen MR) is 81.1 cm³/mol. The molecule has 0 aliphatic heterocycles. The first-order valence-corrected chi connectivity index (χ1v) is 6.57. The van der Waals surface area contributed by atoms with E-state index in [1.54, 1.807) is 12.1 Å². The van der Waals surface area contributed by atoms with Crippen molar-refractivity contribution in [2.24, 2.45) is 0 Å². The van der Waals surface area contributed by atoms with E-state index in [-0.39, 0.29) is 5.56 Å². The SMILES string of the molecule is Nc1cc(C(=O)O)ccc1NCCCc1ccccc1. The first-order chi connectivity index (χ1) is 9.66. The summed E-state index contributed by atoms with van der Waals surface area (Å²) < 4.78 is 0. The summed E-state index contributed by atoms with van der Waals surface area (Å²) in [6.45, 7) is 0.797. The fraction of sp³-hybridized carbons (Fsp3) is 0.188. The Hall–Kier alpha value is -2.49. The molecule has 0 amide bonds. The number of rotatable bonds is 6. The Kier molecular flexibility index (Phi) is 4.60. The third-order valence-electron chi connectivity index (χ3n) is 3.10. The summed E-state index contributed by atoms with van der Waals surface area (Å²) in [6.07, 6.45) is 1.99. The van der Waals surface area contributed by atoms with E-state index in [0.717, 1.165) is 25.1 Å². The van der Waals surface area contributed by atoms with Gasteiger partial charge in [-0.2, -0.15) is 0 Å². The maximum absolute atomic E-state index is 10.8. The third-order valence-corrected chi connectivity index (χ3v) is 3.10. The Morgan fingerprint density at radius 3 is 2.55 bits per heavy atom. The number of hydrogen-bond acceptors (Lipinski definition) is 3. The van der Waals surface area contributed by atoms with E-state index in [9.17, 15) is 4.79 Å². The van der Waals surface area contributed by atoms with E-state index in [2.05, 4.69) is 17.4 Å². The van der Waals surface area contributed by atoms with Crippen LogP contribution in [0.15, 0.2) is 48.5 Å². The van der Waals surface area contributed by atoms with Crippen LogP contribution < -0.4 is 11.1 Å². The second-order valence-electron chi connectivity index (χ2n) is 4.62. The van der Waals surface area contributed by atoms with Crippen LogP contribution in [0.5, 0.6) is 0 Å². The van der Waals surface area contributed by atoms with Gasteiger partial charge in [0.1, 0.15) is 0 Å².